The highest BCUT2D eigenvalue weighted by Crippen LogP contribution is 2.32. The van der Waals surface area contributed by atoms with Crippen molar-refractivity contribution in [2.24, 2.45) is 0 Å². The molecule has 0 aliphatic heterocycles. The molecule has 1 N–H and O–H groups in total. The fourth-order valence-corrected chi connectivity index (χ4v) is 2.29. The van der Waals surface area contributed by atoms with E-state index >= 15 is 0 Å². The summed E-state index contributed by atoms with van der Waals surface area (Å²) < 4.78 is 5.26. The van der Waals surface area contributed by atoms with E-state index in [-0.39, 0.29) is 5.69 Å². The van der Waals surface area contributed by atoms with Crippen LogP contribution in [0.1, 0.15) is 5.56 Å². The summed E-state index contributed by atoms with van der Waals surface area (Å²) in [6.45, 7) is 1.99. The molecule has 0 unspecified atom stereocenters. The average Bonchev–Trinajstić information content (AvgIpc) is 3.04. The first-order valence-electron chi connectivity index (χ1n) is 6.90. The van der Waals surface area contributed by atoms with Crippen LogP contribution in [0.2, 0.25) is 0 Å². The second kappa shape index (κ2) is 5.88. The Morgan fingerprint density at radius 1 is 1.22 bits per heavy atom. The molecule has 0 saturated heterocycles. The number of hydrogen-bond acceptors (Lipinski definition) is 5. The lowest BCUT2D eigenvalue weighted by Gasteiger charge is -2.05. The third kappa shape index (κ3) is 2.89. The van der Waals surface area contributed by atoms with Gasteiger partial charge in [0.1, 0.15) is 5.75 Å². The van der Waals surface area contributed by atoms with Crippen molar-refractivity contribution >= 4 is 5.69 Å². The fraction of sp³-hybridized carbons (Fsp3) is 0.125. The third-order valence-corrected chi connectivity index (χ3v) is 3.41. The van der Waals surface area contributed by atoms with Gasteiger partial charge in [-0.2, -0.15) is 5.10 Å². The van der Waals surface area contributed by atoms with Crippen LogP contribution in [0, 0.1) is 17.0 Å². The standard InChI is InChI=1S/C16H14N4O3/c1-10-4-3-5-11(8-10)15-17-16(19-18-15)13-9-12(20(21)22)6-7-14(13)23-2/h3-9H,1-2H3,(H,17,18,19). The van der Waals surface area contributed by atoms with E-state index in [1.807, 2.05) is 31.2 Å². The van der Waals surface area contributed by atoms with Gasteiger partial charge in [-0.3, -0.25) is 15.2 Å². The molecule has 23 heavy (non-hydrogen) atoms. The largest absolute Gasteiger partial charge is 0.496 e. The zero-order valence-electron chi connectivity index (χ0n) is 12.6. The Bertz CT molecular complexity index is 873. The fourth-order valence-electron chi connectivity index (χ4n) is 2.29. The minimum Gasteiger partial charge on any atom is -0.496 e. The van der Waals surface area contributed by atoms with Crippen molar-refractivity contribution in [2.75, 3.05) is 7.11 Å². The van der Waals surface area contributed by atoms with Gasteiger partial charge in [0.05, 0.1) is 17.6 Å². The molecule has 0 atom stereocenters. The Hall–Kier alpha value is -3.22. The van der Waals surface area contributed by atoms with E-state index in [4.69, 9.17) is 4.74 Å². The van der Waals surface area contributed by atoms with Gasteiger partial charge < -0.3 is 4.74 Å². The first-order chi connectivity index (χ1) is 11.1. The van der Waals surface area contributed by atoms with Crippen molar-refractivity contribution in [1.29, 1.82) is 0 Å². The van der Waals surface area contributed by atoms with E-state index in [1.165, 1.54) is 19.2 Å². The number of rotatable bonds is 4. The minimum atomic E-state index is -0.458. The molecule has 0 bridgehead atoms. The zero-order valence-corrected chi connectivity index (χ0v) is 12.6. The zero-order chi connectivity index (χ0) is 16.4. The summed E-state index contributed by atoms with van der Waals surface area (Å²) >= 11 is 0. The molecule has 0 aliphatic carbocycles. The molecule has 2 aromatic carbocycles. The number of aromatic nitrogens is 3. The second-order valence-electron chi connectivity index (χ2n) is 5.02. The average molecular weight is 310 g/mol. The molecule has 3 aromatic rings. The van der Waals surface area contributed by atoms with Gasteiger partial charge in [-0.05, 0) is 19.1 Å². The van der Waals surface area contributed by atoms with Crippen LogP contribution in [-0.2, 0) is 0 Å². The third-order valence-electron chi connectivity index (χ3n) is 3.41. The first-order valence-corrected chi connectivity index (χ1v) is 6.90. The second-order valence-corrected chi connectivity index (χ2v) is 5.02. The van der Waals surface area contributed by atoms with Crippen LogP contribution in [0.25, 0.3) is 22.8 Å². The minimum absolute atomic E-state index is 0.0331. The smallest absolute Gasteiger partial charge is 0.270 e. The number of H-pyrrole nitrogens is 1. The van der Waals surface area contributed by atoms with E-state index < -0.39 is 4.92 Å². The first kappa shape index (κ1) is 14.7. The van der Waals surface area contributed by atoms with Crippen LogP contribution < -0.4 is 4.74 Å². The number of ether oxygens (including phenoxy) is 1. The van der Waals surface area contributed by atoms with E-state index in [0.29, 0.717) is 23.0 Å². The highest BCUT2D eigenvalue weighted by Gasteiger charge is 2.16. The number of nitrogens with zero attached hydrogens (tertiary/aromatic N) is 3. The van der Waals surface area contributed by atoms with Gasteiger partial charge in [0, 0.05) is 17.7 Å². The van der Waals surface area contributed by atoms with E-state index in [0.717, 1.165) is 11.1 Å². The number of methoxy groups -OCH3 is 1. The number of aryl methyl sites for hydroxylation is 1. The van der Waals surface area contributed by atoms with E-state index in [1.54, 1.807) is 6.07 Å². The Balaban J connectivity index is 2.06. The monoisotopic (exact) mass is 310 g/mol. The molecule has 0 fully saturated rings. The number of nitro benzene ring substituents is 1. The Morgan fingerprint density at radius 3 is 2.74 bits per heavy atom. The summed E-state index contributed by atoms with van der Waals surface area (Å²) in [5, 5.41) is 18.0. The molecule has 0 spiro atoms. The molecule has 7 nitrogen and oxygen atoms in total. The van der Waals surface area contributed by atoms with E-state index in [9.17, 15) is 10.1 Å². The lowest BCUT2D eigenvalue weighted by Crippen LogP contribution is -1.93. The van der Waals surface area contributed by atoms with E-state index in [2.05, 4.69) is 15.2 Å². The summed E-state index contributed by atoms with van der Waals surface area (Å²) in [5.41, 5.74) is 2.43. The molecule has 1 heterocycles. The highest BCUT2D eigenvalue weighted by atomic mass is 16.6. The predicted octanol–water partition coefficient (Wildman–Crippen LogP) is 3.36. The molecular formula is C16H14N4O3. The Kier molecular flexibility index (Phi) is 3.76. The van der Waals surface area contributed by atoms with Crippen molar-refractivity contribution in [3.63, 3.8) is 0 Å². The van der Waals surface area contributed by atoms with Gasteiger partial charge in [0.25, 0.3) is 5.69 Å². The summed E-state index contributed by atoms with van der Waals surface area (Å²) in [6, 6.07) is 12.1. The maximum Gasteiger partial charge on any atom is 0.270 e. The highest BCUT2D eigenvalue weighted by molar-refractivity contribution is 5.69. The van der Waals surface area contributed by atoms with Gasteiger partial charge in [-0.15, -0.1) is 0 Å². The molecule has 0 radical (unpaired) electrons. The maximum atomic E-state index is 11.0. The number of aromatic amines is 1. The van der Waals surface area contributed by atoms with Crippen LogP contribution in [0.3, 0.4) is 0 Å². The van der Waals surface area contributed by atoms with Crippen LogP contribution in [0.5, 0.6) is 5.75 Å². The summed E-state index contributed by atoms with van der Waals surface area (Å²) in [4.78, 5) is 14.9. The van der Waals surface area contributed by atoms with Crippen LogP contribution in [-0.4, -0.2) is 27.2 Å². The molecule has 0 aliphatic rings. The summed E-state index contributed by atoms with van der Waals surface area (Å²) in [6.07, 6.45) is 0. The number of benzene rings is 2. The van der Waals surface area contributed by atoms with Crippen LogP contribution in [0.4, 0.5) is 5.69 Å². The topological polar surface area (TPSA) is 93.9 Å². The lowest BCUT2D eigenvalue weighted by atomic mass is 10.1. The van der Waals surface area contributed by atoms with Crippen molar-refractivity contribution in [3.05, 3.63) is 58.1 Å². The normalized spacial score (nSPS) is 10.5. The molecule has 1 aromatic heterocycles. The van der Waals surface area contributed by atoms with Gasteiger partial charge in [0.15, 0.2) is 11.6 Å². The molecule has 3 rings (SSSR count). The maximum absolute atomic E-state index is 11.0. The number of non-ortho nitro benzene ring substituents is 1. The van der Waals surface area contributed by atoms with Crippen LogP contribution >= 0.6 is 0 Å². The van der Waals surface area contributed by atoms with Crippen molar-refractivity contribution < 1.29 is 9.66 Å². The van der Waals surface area contributed by atoms with Gasteiger partial charge in [-0.1, -0.05) is 23.8 Å². The molecule has 0 saturated carbocycles. The predicted molar refractivity (Wildman–Crippen MR) is 85.2 cm³/mol. The summed E-state index contributed by atoms with van der Waals surface area (Å²) in [5.74, 6) is 1.43. The summed E-state index contributed by atoms with van der Waals surface area (Å²) in [7, 11) is 1.50. The number of nitrogens with one attached hydrogen (secondary N) is 1. The quantitative estimate of drug-likeness (QED) is 0.589. The van der Waals surface area contributed by atoms with Crippen molar-refractivity contribution in [2.45, 2.75) is 6.92 Å². The Labute approximate surface area is 132 Å². The molecule has 116 valence electrons. The lowest BCUT2D eigenvalue weighted by molar-refractivity contribution is -0.384. The number of nitro groups is 1. The van der Waals surface area contributed by atoms with Gasteiger partial charge >= 0.3 is 0 Å². The molecule has 0 amide bonds. The Morgan fingerprint density at radius 2 is 2.04 bits per heavy atom. The molecule has 7 heteroatoms. The SMILES string of the molecule is COc1ccc([N+](=O)[O-])cc1-c1nc(-c2cccc(C)c2)n[nH]1. The van der Waals surface area contributed by atoms with Gasteiger partial charge in [0.2, 0.25) is 0 Å². The van der Waals surface area contributed by atoms with Gasteiger partial charge in [-0.25, -0.2) is 4.98 Å². The number of hydrogen-bond donors (Lipinski definition) is 1. The van der Waals surface area contributed by atoms with Crippen LogP contribution in [0.15, 0.2) is 42.5 Å². The van der Waals surface area contributed by atoms with Crippen molar-refractivity contribution in [3.8, 4) is 28.5 Å². The molecular weight excluding hydrogens is 296 g/mol. The van der Waals surface area contributed by atoms with Crippen molar-refractivity contribution in [1.82, 2.24) is 15.2 Å².